The van der Waals surface area contributed by atoms with Crippen LogP contribution in [-0.4, -0.2) is 49.6 Å². The first kappa shape index (κ1) is 18.5. The molecule has 0 saturated carbocycles. The van der Waals surface area contributed by atoms with E-state index in [0.717, 1.165) is 44.5 Å². The lowest BCUT2D eigenvalue weighted by atomic mass is 9.91. The Labute approximate surface area is 150 Å². The third kappa shape index (κ3) is 3.66. The predicted molar refractivity (Wildman–Crippen MR) is 97.9 cm³/mol. The van der Waals surface area contributed by atoms with Crippen LogP contribution < -0.4 is 10.2 Å². The van der Waals surface area contributed by atoms with Crippen molar-refractivity contribution in [1.29, 1.82) is 0 Å². The normalized spacial score (nSPS) is 26.8. The van der Waals surface area contributed by atoms with Crippen LogP contribution in [0, 0.1) is 5.92 Å². The SMILES string of the molecule is Cl.Cl.O=C1Cc2ccccc2N1C[C@@H]1CC[C@H]2CNCCN2C1. The topological polar surface area (TPSA) is 35.6 Å². The Bertz CT molecular complexity index is 554. The molecule has 0 radical (unpaired) electrons. The van der Waals surface area contributed by atoms with Gasteiger partial charge in [0.25, 0.3) is 0 Å². The zero-order valence-electron chi connectivity index (χ0n) is 13.2. The van der Waals surface area contributed by atoms with Crippen molar-refractivity contribution in [3.63, 3.8) is 0 Å². The summed E-state index contributed by atoms with van der Waals surface area (Å²) in [5.41, 5.74) is 2.34. The highest BCUT2D eigenvalue weighted by atomic mass is 35.5. The summed E-state index contributed by atoms with van der Waals surface area (Å²) in [6.07, 6.45) is 3.09. The highest BCUT2D eigenvalue weighted by Crippen LogP contribution is 2.31. The number of benzene rings is 1. The molecule has 0 unspecified atom stereocenters. The Hall–Kier alpha value is -0.810. The number of hydrogen-bond acceptors (Lipinski definition) is 3. The molecular formula is C17H25Cl2N3O. The quantitative estimate of drug-likeness (QED) is 0.880. The molecule has 3 aliphatic rings. The summed E-state index contributed by atoms with van der Waals surface area (Å²) in [5.74, 6) is 0.896. The van der Waals surface area contributed by atoms with Crippen molar-refractivity contribution >= 4 is 36.4 Å². The standard InChI is InChI=1S/C17H23N3O.2ClH/c21-17-9-14-3-1-2-4-16(14)20(17)12-13-5-6-15-10-18-7-8-19(15)11-13;;/h1-4,13,15,18H,5-12H2;2*1H/t13-,15+;;/m1../s1. The van der Waals surface area contributed by atoms with E-state index >= 15 is 0 Å². The number of amides is 1. The second kappa shape index (κ2) is 7.84. The van der Waals surface area contributed by atoms with Gasteiger partial charge in [0.15, 0.2) is 0 Å². The van der Waals surface area contributed by atoms with E-state index in [4.69, 9.17) is 0 Å². The van der Waals surface area contributed by atoms with Gasteiger partial charge < -0.3 is 10.2 Å². The second-order valence-corrected chi connectivity index (χ2v) is 6.61. The molecule has 23 heavy (non-hydrogen) atoms. The van der Waals surface area contributed by atoms with E-state index in [1.165, 1.54) is 18.4 Å². The largest absolute Gasteiger partial charge is 0.314 e. The summed E-state index contributed by atoms with van der Waals surface area (Å²) in [5, 5.41) is 3.49. The zero-order valence-corrected chi connectivity index (χ0v) is 14.9. The predicted octanol–water partition coefficient (Wildman–Crippen LogP) is 2.10. The molecule has 128 valence electrons. The van der Waals surface area contributed by atoms with E-state index in [0.29, 0.717) is 12.3 Å². The second-order valence-electron chi connectivity index (χ2n) is 6.61. The third-order valence-corrected chi connectivity index (χ3v) is 5.24. The molecule has 2 atom stereocenters. The number of halogens is 2. The van der Waals surface area contributed by atoms with Gasteiger partial charge in [-0.25, -0.2) is 0 Å². The monoisotopic (exact) mass is 357 g/mol. The Balaban J connectivity index is 0.000000960. The van der Waals surface area contributed by atoms with Crippen LogP contribution in [0.3, 0.4) is 0 Å². The van der Waals surface area contributed by atoms with Gasteiger partial charge in [-0.2, -0.15) is 0 Å². The fraction of sp³-hybridized carbons (Fsp3) is 0.588. The van der Waals surface area contributed by atoms with E-state index in [2.05, 4.69) is 22.3 Å². The molecule has 6 heteroatoms. The van der Waals surface area contributed by atoms with E-state index in [1.54, 1.807) is 0 Å². The lowest BCUT2D eigenvalue weighted by Gasteiger charge is -2.43. The molecule has 1 aromatic rings. The van der Waals surface area contributed by atoms with Gasteiger partial charge in [0.1, 0.15) is 0 Å². The molecule has 4 nitrogen and oxygen atoms in total. The molecule has 1 amide bonds. The van der Waals surface area contributed by atoms with Crippen LogP contribution in [0.25, 0.3) is 0 Å². The van der Waals surface area contributed by atoms with Gasteiger partial charge in [0.2, 0.25) is 5.91 Å². The maximum Gasteiger partial charge on any atom is 0.231 e. The summed E-state index contributed by atoms with van der Waals surface area (Å²) < 4.78 is 0. The van der Waals surface area contributed by atoms with Crippen LogP contribution in [0.15, 0.2) is 24.3 Å². The van der Waals surface area contributed by atoms with Crippen LogP contribution >= 0.6 is 24.8 Å². The average Bonchev–Trinajstić information content (AvgIpc) is 2.83. The number of hydrogen-bond donors (Lipinski definition) is 1. The van der Waals surface area contributed by atoms with Crippen molar-refractivity contribution in [3.05, 3.63) is 29.8 Å². The van der Waals surface area contributed by atoms with E-state index in [1.807, 2.05) is 17.0 Å². The molecule has 1 aromatic carbocycles. The number of para-hydroxylation sites is 1. The van der Waals surface area contributed by atoms with Crippen molar-refractivity contribution in [2.45, 2.75) is 25.3 Å². The Morgan fingerprint density at radius 3 is 2.87 bits per heavy atom. The Kier molecular flexibility index (Phi) is 6.32. The molecule has 3 aliphatic heterocycles. The van der Waals surface area contributed by atoms with Crippen LogP contribution in [0.4, 0.5) is 5.69 Å². The van der Waals surface area contributed by atoms with Gasteiger partial charge in [0.05, 0.1) is 6.42 Å². The number of piperazine rings is 1. The average molecular weight is 358 g/mol. The summed E-state index contributed by atoms with van der Waals surface area (Å²) in [4.78, 5) is 16.9. The van der Waals surface area contributed by atoms with Crippen LogP contribution in [0.2, 0.25) is 0 Å². The number of anilines is 1. The smallest absolute Gasteiger partial charge is 0.231 e. The number of nitrogens with zero attached hydrogens (tertiary/aromatic N) is 2. The van der Waals surface area contributed by atoms with Gasteiger partial charge in [-0.05, 0) is 30.4 Å². The highest BCUT2D eigenvalue weighted by molar-refractivity contribution is 6.01. The number of rotatable bonds is 2. The first-order valence-electron chi connectivity index (χ1n) is 8.14. The molecule has 4 rings (SSSR count). The van der Waals surface area contributed by atoms with E-state index < -0.39 is 0 Å². The van der Waals surface area contributed by atoms with Gasteiger partial charge >= 0.3 is 0 Å². The summed E-state index contributed by atoms with van der Waals surface area (Å²) in [6.45, 7) is 5.45. The molecule has 0 spiro atoms. The first-order chi connectivity index (χ1) is 10.3. The number of carbonyl (C=O) groups excluding carboxylic acids is 1. The van der Waals surface area contributed by atoms with Crippen molar-refractivity contribution in [1.82, 2.24) is 10.2 Å². The van der Waals surface area contributed by atoms with Gasteiger partial charge in [-0.3, -0.25) is 9.69 Å². The summed E-state index contributed by atoms with van der Waals surface area (Å²) in [6, 6.07) is 8.97. The molecule has 2 fully saturated rings. The minimum absolute atomic E-state index is 0. The van der Waals surface area contributed by atoms with Crippen molar-refractivity contribution < 1.29 is 4.79 Å². The third-order valence-electron chi connectivity index (χ3n) is 5.24. The Morgan fingerprint density at radius 1 is 1.17 bits per heavy atom. The number of fused-ring (bicyclic) bond motifs is 2. The van der Waals surface area contributed by atoms with Gasteiger partial charge in [0, 0.05) is 44.5 Å². The van der Waals surface area contributed by atoms with Crippen LogP contribution in [0.5, 0.6) is 0 Å². The fourth-order valence-corrected chi connectivity index (χ4v) is 4.10. The number of piperidine rings is 1. The van der Waals surface area contributed by atoms with E-state index in [-0.39, 0.29) is 30.7 Å². The molecule has 0 bridgehead atoms. The molecule has 2 saturated heterocycles. The van der Waals surface area contributed by atoms with Crippen LogP contribution in [-0.2, 0) is 11.2 Å². The fourth-order valence-electron chi connectivity index (χ4n) is 4.10. The van der Waals surface area contributed by atoms with Crippen molar-refractivity contribution in [2.75, 3.05) is 37.6 Å². The minimum Gasteiger partial charge on any atom is -0.314 e. The first-order valence-corrected chi connectivity index (χ1v) is 8.14. The van der Waals surface area contributed by atoms with Crippen molar-refractivity contribution in [2.24, 2.45) is 5.92 Å². The van der Waals surface area contributed by atoms with Crippen LogP contribution in [0.1, 0.15) is 18.4 Å². The lowest BCUT2D eigenvalue weighted by Crippen LogP contribution is -2.56. The minimum atomic E-state index is 0. The molecule has 1 N–H and O–H groups in total. The zero-order chi connectivity index (χ0) is 14.2. The van der Waals surface area contributed by atoms with E-state index in [9.17, 15) is 4.79 Å². The number of nitrogens with one attached hydrogen (secondary N) is 1. The maximum absolute atomic E-state index is 12.3. The van der Waals surface area contributed by atoms with Gasteiger partial charge in [-0.15, -0.1) is 24.8 Å². The van der Waals surface area contributed by atoms with Crippen molar-refractivity contribution in [3.8, 4) is 0 Å². The lowest BCUT2D eigenvalue weighted by molar-refractivity contribution is -0.117. The molecule has 0 aromatic heterocycles. The Morgan fingerprint density at radius 2 is 2.00 bits per heavy atom. The highest BCUT2D eigenvalue weighted by Gasteiger charge is 2.34. The summed E-state index contributed by atoms with van der Waals surface area (Å²) in [7, 11) is 0. The molecular weight excluding hydrogens is 333 g/mol. The number of carbonyl (C=O) groups is 1. The van der Waals surface area contributed by atoms with Gasteiger partial charge in [-0.1, -0.05) is 18.2 Å². The molecule has 0 aliphatic carbocycles. The molecule has 3 heterocycles. The summed E-state index contributed by atoms with van der Waals surface area (Å²) >= 11 is 0. The maximum atomic E-state index is 12.3.